The van der Waals surface area contributed by atoms with Crippen LogP contribution in [0, 0.1) is 0 Å². The van der Waals surface area contributed by atoms with Gasteiger partial charge in [0.15, 0.2) is 0 Å². The molecule has 0 spiro atoms. The molecule has 2 aromatic heterocycles. The van der Waals surface area contributed by atoms with Crippen LogP contribution < -0.4 is 20.9 Å². The van der Waals surface area contributed by atoms with Crippen LogP contribution in [0.2, 0.25) is 0 Å². The molecule has 3 N–H and O–H groups in total. The van der Waals surface area contributed by atoms with E-state index in [1.807, 2.05) is 24.4 Å². The fourth-order valence-electron chi connectivity index (χ4n) is 3.27. The van der Waals surface area contributed by atoms with E-state index in [1.54, 1.807) is 18.5 Å². The fraction of sp³-hybridized carbons (Fsp3) is 0.316. The monoisotopic (exact) mass is 350 g/mol. The number of rotatable bonds is 4. The normalized spacial score (nSPS) is 16.8. The van der Waals surface area contributed by atoms with Crippen molar-refractivity contribution in [2.75, 3.05) is 42.9 Å². The van der Waals surface area contributed by atoms with Gasteiger partial charge >= 0.3 is 0 Å². The van der Waals surface area contributed by atoms with Crippen LogP contribution in [0.15, 0.2) is 42.9 Å². The van der Waals surface area contributed by atoms with Crippen molar-refractivity contribution in [2.45, 2.75) is 6.42 Å². The Kier molecular flexibility index (Phi) is 4.79. The van der Waals surface area contributed by atoms with E-state index in [4.69, 9.17) is 0 Å². The van der Waals surface area contributed by atoms with Crippen LogP contribution >= 0.6 is 0 Å². The third kappa shape index (κ3) is 3.52. The largest absolute Gasteiger partial charge is 0.390 e. The lowest BCUT2D eigenvalue weighted by Gasteiger charge is -2.30. The predicted molar refractivity (Wildman–Crippen MR) is 102 cm³/mol. The molecule has 1 amide bonds. The first-order valence-corrected chi connectivity index (χ1v) is 8.92. The first-order chi connectivity index (χ1) is 12.8. The smallest absolute Gasteiger partial charge is 0.274 e. The molecule has 0 aromatic carbocycles. The molecule has 1 saturated heterocycles. The van der Waals surface area contributed by atoms with E-state index in [9.17, 15) is 4.79 Å². The second-order valence-electron chi connectivity index (χ2n) is 6.37. The average molecular weight is 350 g/mol. The second kappa shape index (κ2) is 7.53. The maximum Gasteiger partial charge on any atom is 0.274 e. The van der Waals surface area contributed by atoms with Crippen molar-refractivity contribution < 1.29 is 4.79 Å². The molecule has 1 fully saturated rings. The first-order valence-electron chi connectivity index (χ1n) is 8.92. The highest BCUT2D eigenvalue weighted by Gasteiger charge is 2.17. The Hall–Kier alpha value is -2.93. The quantitative estimate of drug-likeness (QED) is 0.775. The highest BCUT2D eigenvalue weighted by atomic mass is 16.1. The molecule has 0 unspecified atom stereocenters. The Balaban J connectivity index is 1.54. The maximum absolute atomic E-state index is 12.7. The van der Waals surface area contributed by atoms with Gasteiger partial charge in [0.2, 0.25) is 0 Å². The van der Waals surface area contributed by atoms with Gasteiger partial charge in [-0.25, -0.2) is 4.98 Å². The van der Waals surface area contributed by atoms with E-state index >= 15 is 0 Å². The fourth-order valence-corrected chi connectivity index (χ4v) is 3.27. The summed E-state index contributed by atoms with van der Waals surface area (Å²) in [5, 5.41) is 9.50. The van der Waals surface area contributed by atoms with Crippen molar-refractivity contribution in [3.8, 4) is 0 Å². The lowest BCUT2D eigenvalue weighted by molar-refractivity contribution is 0.102. The highest BCUT2D eigenvalue weighted by molar-refractivity contribution is 6.04. The summed E-state index contributed by atoms with van der Waals surface area (Å²) < 4.78 is 0. The zero-order chi connectivity index (χ0) is 17.8. The van der Waals surface area contributed by atoms with Gasteiger partial charge in [-0.2, -0.15) is 0 Å². The number of hydrogen-bond donors (Lipinski definition) is 3. The van der Waals surface area contributed by atoms with Crippen LogP contribution in [0.5, 0.6) is 0 Å². The number of anilines is 2. The third-order valence-corrected chi connectivity index (χ3v) is 4.63. The number of aromatic nitrogens is 2. The summed E-state index contributed by atoms with van der Waals surface area (Å²) in [7, 11) is 0. The van der Waals surface area contributed by atoms with Crippen molar-refractivity contribution in [3.63, 3.8) is 0 Å². The summed E-state index contributed by atoms with van der Waals surface area (Å²) in [5.41, 5.74) is 4.09. The van der Waals surface area contributed by atoms with Crippen molar-refractivity contribution >= 4 is 22.9 Å². The van der Waals surface area contributed by atoms with Crippen molar-refractivity contribution in [1.82, 2.24) is 20.6 Å². The van der Waals surface area contributed by atoms with Crippen molar-refractivity contribution in [3.05, 3.63) is 54.2 Å². The summed E-state index contributed by atoms with van der Waals surface area (Å²) >= 11 is 0. The molecule has 0 radical (unpaired) electrons. The van der Waals surface area contributed by atoms with Crippen LogP contribution in [0.3, 0.4) is 0 Å². The molecule has 2 aliphatic heterocycles. The van der Waals surface area contributed by atoms with E-state index in [0.717, 1.165) is 56.1 Å². The number of piperazine rings is 1. The van der Waals surface area contributed by atoms with Crippen LogP contribution in [-0.4, -0.2) is 48.6 Å². The number of nitrogens with one attached hydrogen (secondary N) is 3. The lowest BCUT2D eigenvalue weighted by Crippen LogP contribution is -2.43. The van der Waals surface area contributed by atoms with Crippen molar-refractivity contribution in [1.29, 1.82) is 0 Å². The Morgan fingerprint density at radius 2 is 2.04 bits per heavy atom. The molecule has 2 aliphatic rings. The minimum Gasteiger partial charge on any atom is -0.390 e. The van der Waals surface area contributed by atoms with Gasteiger partial charge in [0.25, 0.3) is 5.91 Å². The zero-order valence-electron chi connectivity index (χ0n) is 14.5. The molecule has 7 nitrogen and oxygen atoms in total. The minimum absolute atomic E-state index is 0.220. The van der Waals surface area contributed by atoms with Crippen molar-refractivity contribution in [2.24, 2.45) is 0 Å². The van der Waals surface area contributed by atoms with Gasteiger partial charge in [0.05, 0.1) is 23.3 Å². The van der Waals surface area contributed by atoms with Gasteiger partial charge in [-0.05, 0) is 30.2 Å². The van der Waals surface area contributed by atoms with Crippen LogP contribution in [-0.2, 0) is 0 Å². The number of nitrogens with zero attached hydrogens (tertiary/aromatic N) is 3. The molecular weight excluding hydrogens is 328 g/mol. The van der Waals surface area contributed by atoms with Crippen LogP contribution in [0.4, 0.5) is 11.4 Å². The van der Waals surface area contributed by atoms with Gasteiger partial charge in [-0.15, -0.1) is 0 Å². The number of hydrogen-bond acceptors (Lipinski definition) is 6. The Bertz CT molecular complexity index is 828. The maximum atomic E-state index is 12.7. The topological polar surface area (TPSA) is 82.2 Å². The minimum atomic E-state index is -0.220. The summed E-state index contributed by atoms with van der Waals surface area (Å²) in [6.07, 6.45) is 6.34. The number of carbonyl (C=O) groups excluding carboxylic acids is 1. The van der Waals surface area contributed by atoms with E-state index in [1.165, 1.54) is 0 Å². The van der Waals surface area contributed by atoms with E-state index in [-0.39, 0.29) is 5.91 Å². The molecule has 4 rings (SSSR count). The van der Waals surface area contributed by atoms with Gasteiger partial charge in [0.1, 0.15) is 5.69 Å². The van der Waals surface area contributed by atoms with Gasteiger partial charge in [0, 0.05) is 45.1 Å². The standard InChI is InChI=1S/C19H22N6O/c26-19(16-3-1-2-15(23-16)14-4-6-21-12-14)24-17-13-22-7-5-18(17)25-10-8-20-9-11-25/h1-3,5,7,12-13,20-21H,4,6,8-11H2,(H,24,26). The molecule has 4 heterocycles. The van der Waals surface area contributed by atoms with Gasteiger partial charge < -0.3 is 20.9 Å². The molecule has 0 aliphatic carbocycles. The van der Waals surface area contributed by atoms with Crippen LogP contribution in [0.1, 0.15) is 22.6 Å². The SMILES string of the molecule is O=C(Nc1cnccc1N1CCNCC1)c1cccc(C2=CNCC2)n1. The third-order valence-electron chi connectivity index (χ3n) is 4.63. The second-order valence-corrected chi connectivity index (χ2v) is 6.37. The van der Waals surface area contributed by atoms with Gasteiger partial charge in [-0.3, -0.25) is 9.78 Å². The van der Waals surface area contributed by atoms with E-state index in [0.29, 0.717) is 11.4 Å². The average Bonchev–Trinajstić information content (AvgIpc) is 3.24. The summed E-state index contributed by atoms with van der Waals surface area (Å²) in [6, 6.07) is 7.49. The number of pyridine rings is 2. The lowest BCUT2D eigenvalue weighted by atomic mass is 10.1. The molecule has 2 aromatic rings. The molecule has 7 heteroatoms. The van der Waals surface area contributed by atoms with E-state index < -0.39 is 0 Å². The molecule has 134 valence electrons. The molecular formula is C19H22N6O. The molecule has 26 heavy (non-hydrogen) atoms. The summed E-state index contributed by atoms with van der Waals surface area (Å²) in [5.74, 6) is -0.220. The Labute approximate surface area is 152 Å². The molecule has 0 atom stereocenters. The van der Waals surface area contributed by atoms with E-state index in [2.05, 4.69) is 30.8 Å². The number of amides is 1. The predicted octanol–water partition coefficient (Wildman–Crippen LogP) is 1.47. The van der Waals surface area contributed by atoms with Crippen LogP contribution in [0.25, 0.3) is 5.57 Å². The molecule has 0 saturated carbocycles. The highest BCUT2D eigenvalue weighted by Crippen LogP contribution is 2.25. The zero-order valence-corrected chi connectivity index (χ0v) is 14.5. The Morgan fingerprint density at radius 1 is 1.15 bits per heavy atom. The number of carbonyl (C=O) groups is 1. The molecule has 0 bridgehead atoms. The summed E-state index contributed by atoms with van der Waals surface area (Å²) in [6.45, 7) is 4.59. The van der Waals surface area contributed by atoms with Gasteiger partial charge in [-0.1, -0.05) is 6.07 Å². The Morgan fingerprint density at radius 3 is 2.85 bits per heavy atom. The summed E-state index contributed by atoms with van der Waals surface area (Å²) in [4.78, 5) is 23.7. The first kappa shape index (κ1) is 16.5.